The summed E-state index contributed by atoms with van der Waals surface area (Å²) in [6.45, 7) is 0. The molecule has 1 aromatic heterocycles. The second-order valence-corrected chi connectivity index (χ2v) is 3.05. The fraction of sp³-hybridized carbons (Fsp3) is 0. The van der Waals surface area contributed by atoms with Crippen LogP contribution in [0.25, 0.3) is 0 Å². The van der Waals surface area contributed by atoms with E-state index in [-0.39, 0.29) is 0 Å². The monoisotopic (exact) mass is 214 g/mol. The molecule has 4 heteroatoms. The molecule has 0 amide bonds. The van der Waals surface area contributed by atoms with Crippen molar-refractivity contribution in [3.63, 3.8) is 0 Å². The maximum absolute atomic E-state index is 12.6. The maximum Gasteiger partial charge on any atom is 0.219 e. The van der Waals surface area contributed by atoms with Gasteiger partial charge in [0.05, 0.1) is 17.8 Å². The molecule has 0 spiro atoms. The van der Waals surface area contributed by atoms with Crippen LogP contribution in [0, 0.1) is 17.1 Å². The van der Waals surface area contributed by atoms with Gasteiger partial charge in [-0.2, -0.15) is 5.26 Å². The van der Waals surface area contributed by atoms with Gasteiger partial charge in [0.2, 0.25) is 5.88 Å². The van der Waals surface area contributed by atoms with E-state index in [0.29, 0.717) is 17.2 Å². The molecule has 0 aliphatic rings. The van der Waals surface area contributed by atoms with Crippen molar-refractivity contribution < 1.29 is 9.13 Å². The van der Waals surface area contributed by atoms with Crippen molar-refractivity contribution in [1.29, 1.82) is 5.26 Å². The third-order valence-electron chi connectivity index (χ3n) is 1.91. The Kier molecular flexibility index (Phi) is 2.79. The highest BCUT2D eigenvalue weighted by Crippen LogP contribution is 2.19. The summed E-state index contributed by atoms with van der Waals surface area (Å²) in [6, 6.07) is 11.3. The highest BCUT2D eigenvalue weighted by Gasteiger charge is 1.99. The third-order valence-corrected chi connectivity index (χ3v) is 1.91. The standard InChI is InChI=1S/C12H7FN2O/c13-10-3-6-12(15-8-10)16-11-4-1-9(7-14)2-5-11/h1-6,8H. The molecule has 3 nitrogen and oxygen atoms in total. The van der Waals surface area contributed by atoms with Crippen molar-refractivity contribution in [3.8, 4) is 17.7 Å². The minimum atomic E-state index is -0.410. The molecular weight excluding hydrogens is 207 g/mol. The van der Waals surface area contributed by atoms with E-state index >= 15 is 0 Å². The molecule has 0 bridgehead atoms. The lowest BCUT2D eigenvalue weighted by Gasteiger charge is -2.03. The molecule has 1 heterocycles. The third kappa shape index (κ3) is 2.34. The summed E-state index contributed by atoms with van der Waals surface area (Å²) >= 11 is 0. The molecule has 0 radical (unpaired) electrons. The van der Waals surface area contributed by atoms with Crippen LogP contribution in [0.4, 0.5) is 4.39 Å². The van der Waals surface area contributed by atoms with E-state index in [2.05, 4.69) is 4.98 Å². The second kappa shape index (κ2) is 4.41. The Bertz CT molecular complexity index is 514. The predicted octanol–water partition coefficient (Wildman–Crippen LogP) is 2.88. The van der Waals surface area contributed by atoms with Gasteiger partial charge in [0.15, 0.2) is 0 Å². The van der Waals surface area contributed by atoms with Gasteiger partial charge in [-0.05, 0) is 30.3 Å². The summed E-state index contributed by atoms with van der Waals surface area (Å²) < 4.78 is 17.9. The first-order valence-electron chi connectivity index (χ1n) is 4.57. The summed E-state index contributed by atoms with van der Waals surface area (Å²) in [4.78, 5) is 3.75. The van der Waals surface area contributed by atoms with Crippen LogP contribution >= 0.6 is 0 Å². The summed E-state index contributed by atoms with van der Waals surface area (Å²) in [5, 5.41) is 8.60. The van der Waals surface area contributed by atoms with E-state index in [1.807, 2.05) is 6.07 Å². The molecular formula is C12H7FN2O. The predicted molar refractivity (Wildman–Crippen MR) is 55.4 cm³/mol. The molecule has 2 aromatic rings. The molecule has 1 aromatic carbocycles. The van der Waals surface area contributed by atoms with Crippen molar-refractivity contribution in [2.45, 2.75) is 0 Å². The van der Waals surface area contributed by atoms with Gasteiger partial charge in [0.1, 0.15) is 11.6 Å². The van der Waals surface area contributed by atoms with E-state index in [0.717, 1.165) is 6.20 Å². The molecule has 0 saturated heterocycles. The van der Waals surface area contributed by atoms with E-state index in [9.17, 15) is 4.39 Å². The lowest BCUT2D eigenvalue weighted by atomic mass is 10.2. The Morgan fingerprint density at radius 1 is 1.12 bits per heavy atom. The lowest BCUT2D eigenvalue weighted by Crippen LogP contribution is -1.88. The lowest BCUT2D eigenvalue weighted by molar-refractivity contribution is 0.459. The highest BCUT2D eigenvalue weighted by molar-refractivity contribution is 5.36. The van der Waals surface area contributed by atoms with E-state index < -0.39 is 5.82 Å². The van der Waals surface area contributed by atoms with E-state index in [1.165, 1.54) is 12.1 Å². The molecule has 16 heavy (non-hydrogen) atoms. The minimum Gasteiger partial charge on any atom is -0.439 e. The number of aromatic nitrogens is 1. The van der Waals surface area contributed by atoms with Gasteiger partial charge in [-0.25, -0.2) is 9.37 Å². The fourth-order valence-corrected chi connectivity index (χ4v) is 1.14. The largest absolute Gasteiger partial charge is 0.439 e. The quantitative estimate of drug-likeness (QED) is 0.772. The average molecular weight is 214 g/mol. The van der Waals surface area contributed by atoms with Crippen molar-refractivity contribution in [1.82, 2.24) is 4.98 Å². The number of hydrogen-bond donors (Lipinski definition) is 0. The van der Waals surface area contributed by atoms with Crippen LogP contribution < -0.4 is 4.74 Å². The van der Waals surface area contributed by atoms with Crippen molar-refractivity contribution in [2.75, 3.05) is 0 Å². The van der Waals surface area contributed by atoms with Crippen LogP contribution in [0.5, 0.6) is 11.6 Å². The SMILES string of the molecule is N#Cc1ccc(Oc2ccc(F)cn2)cc1. The molecule has 78 valence electrons. The van der Waals surface area contributed by atoms with Crippen LogP contribution in [0.2, 0.25) is 0 Å². The Morgan fingerprint density at radius 3 is 2.44 bits per heavy atom. The summed E-state index contributed by atoms with van der Waals surface area (Å²) in [6.07, 6.45) is 1.08. The zero-order chi connectivity index (χ0) is 11.4. The Morgan fingerprint density at radius 2 is 1.88 bits per heavy atom. The molecule has 0 N–H and O–H groups in total. The van der Waals surface area contributed by atoms with Gasteiger partial charge < -0.3 is 4.74 Å². The van der Waals surface area contributed by atoms with Gasteiger partial charge in [0.25, 0.3) is 0 Å². The first-order chi connectivity index (χ1) is 7.78. The van der Waals surface area contributed by atoms with Crippen LogP contribution in [-0.2, 0) is 0 Å². The maximum atomic E-state index is 12.6. The number of hydrogen-bond acceptors (Lipinski definition) is 3. The molecule has 0 aliphatic heterocycles. The zero-order valence-electron chi connectivity index (χ0n) is 8.22. The van der Waals surface area contributed by atoms with Crippen LogP contribution in [0.1, 0.15) is 5.56 Å². The van der Waals surface area contributed by atoms with Gasteiger partial charge in [-0.15, -0.1) is 0 Å². The van der Waals surface area contributed by atoms with E-state index in [1.54, 1.807) is 24.3 Å². The number of nitriles is 1. The molecule has 0 fully saturated rings. The van der Waals surface area contributed by atoms with Gasteiger partial charge in [-0.3, -0.25) is 0 Å². The smallest absolute Gasteiger partial charge is 0.219 e. The van der Waals surface area contributed by atoms with Gasteiger partial charge in [0, 0.05) is 6.07 Å². The van der Waals surface area contributed by atoms with Gasteiger partial charge >= 0.3 is 0 Å². The zero-order valence-corrected chi connectivity index (χ0v) is 8.22. The fourth-order valence-electron chi connectivity index (χ4n) is 1.14. The topological polar surface area (TPSA) is 45.9 Å². The molecule has 0 saturated carbocycles. The summed E-state index contributed by atoms with van der Waals surface area (Å²) in [7, 11) is 0. The van der Waals surface area contributed by atoms with Crippen LogP contribution in [0.15, 0.2) is 42.6 Å². The minimum absolute atomic E-state index is 0.311. The first-order valence-corrected chi connectivity index (χ1v) is 4.57. The summed E-state index contributed by atoms with van der Waals surface area (Å²) in [5.74, 6) is 0.455. The number of benzene rings is 1. The molecule has 0 aliphatic carbocycles. The molecule has 2 rings (SSSR count). The highest BCUT2D eigenvalue weighted by atomic mass is 19.1. The molecule has 0 unspecified atom stereocenters. The van der Waals surface area contributed by atoms with Gasteiger partial charge in [-0.1, -0.05) is 0 Å². The van der Waals surface area contributed by atoms with Crippen molar-refractivity contribution >= 4 is 0 Å². The summed E-state index contributed by atoms with van der Waals surface area (Å²) in [5.41, 5.74) is 0.555. The Hall–Kier alpha value is -2.41. The first kappa shape index (κ1) is 10.1. The van der Waals surface area contributed by atoms with Crippen molar-refractivity contribution in [2.24, 2.45) is 0 Å². The van der Waals surface area contributed by atoms with Crippen molar-refractivity contribution in [3.05, 3.63) is 54.0 Å². The Balaban J connectivity index is 2.15. The molecule has 0 atom stereocenters. The van der Waals surface area contributed by atoms with Crippen LogP contribution in [-0.4, -0.2) is 4.98 Å². The normalized spacial score (nSPS) is 9.50. The number of pyridine rings is 1. The van der Waals surface area contributed by atoms with E-state index in [4.69, 9.17) is 10.00 Å². The van der Waals surface area contributed by atoms with Crippen LogP contribution in [0.3, 0.4) is 0 Å². The number of nitrogens with zero attached hydrogens (tertiary/aromatic N) is 2. The average Bonchev–Trinajstić information content (AvgIpc) is 2.33. The number of ether oxygens (including phenoxy) is 1. The second-order valence-electron chi connectivity index (χ2n) is 3.05. The number of rotatable bonds is 2. The Labute approximate surface area is 91.7 Å². The number of halogens is 1.